The van der Waals surface area contributed by atoms with Crippen molar-refractivity contribution >= 4 is 0 Å². The van der Waals surface area contributed by atoms with Crippen molar-refractivity contribution in [2.24, 2.45) is 0 Å². The number of rotatable bonds is 2. The second-order valence-electron chi connectivity index (χ2n) is 2.15. The van der Waals surface area contributed by atoms with Crippen LogP contribution in [-0.4, -0.2) is 37.6 Å². The minimum atomic E-state index is -0.0880. The molecule has 0 aromatic rings. The molecular weight excluding hydrogens is 144 g/mol. The van der Waals surface area contributed by atoms with Crippen molar-refractivity contribution in [3.05, 3.63) is 0 Å². The quantitative estimate of drug-likeness (QED) is 0.653. The molecule has 0 radical (unpaired) electrons. The van der Waals surface area contributed by atoms with Gasteiger partial charge in [0.05, 0.1) is 12.7 Å². The van der Waals surface area contributed by atoms with Crippen molar-refractivity contribution in [2.45, 2.75) is 32.5 Å². The Morgan fingerprint density at radius 3 is 2.55 bits per heavy atom. The van der Waals surface area contributed by atoms with Gasteiger partial charge in [-0.1, -0.05) is 13.8 Å². The molecule has 3 heteroatoms. The Morgan fingerprint density at radius 2 is 2.18 bits per heavy atom. The van der Waals surface area contributed by atoms with E-state index in [9.17, 15) is 0 Å². The summed E-state index contributed by atoms with van der Waals surface area (Å²) in [5.74, 6) is 0. The van der Waals surface area contributed by atoms with Gasteiger partial charge in [-0.2, -0.15) is 0 Å². The summed E-state index contributed by atoms with van der Waals surface area (Å²) in [5.41, 5.74) is 0. The van der Waals surface area contributed by atoms with Gasteiger partial charge in [0.1, 0.15) is 6.10 Å². The summed E-state index contributed by atoms with van der Waals surface area (Å²) in [4.78, 5) is 0. The molecule has 1 N–H and O–H groups in total. The van der Waals surface area contributed by atoms with Crippen molar-refractivity contribution < 1.29 is 14.6 Å². The van der Waals surface area contributed by atoms with Crippen LogP contribution in [0.5, 0.6) is 0 Å². The molecule has 1 heterocycles. The van der Waals surface area contributed by atoms with Crippen LogP contribution in [0.25, 0.3) is 0 Å². The first kappa shape index (κ1) is 10.9. The number of ether oxygens (including phenoxy) is 2. The molecule has 1 aliphatic rings. The van der Waals surface area contributed by atoms with Crippen LogP contribution < -0.4 is 0 Å². The fourth-order valence-electron chi connectivity index (χ4n) is 1.07. The number of hydrogen-bond acceptors (Lipinski definition) is 3. The van der Waals surface area contributed by atoms with Crippen LogP contribution in [0.1, 0.15) is 20.3 Å². The van der Waals surface area contributed by atoms with Gasteiger partial charge in [-0.15, -0.1) is 0 Å². The molecule has 2 unspecified atom stereocenters. The second-order valence-corrected chi connectivity index (χ2v) is 2.15. The van der Waals surface area contributed by atoms with Gasteiger partial charge in [0.25, 0.3) is 0 Å². The molecule has 1 fully saturated rings. The van der Waals surface area contributed by atoms with Gasteiger partial charge in [0.15, 0.2) is 0 Å². The van der Waals surface area contributed by atoms with E-state index in [1.54, 1.807) is 7.11 Å². The van der Waals surface area contributed by atoms with Crippen LogP contribution in [0.3, 0.4) is 0 Å². The van der Waals surface area contributed by atoms with Crippen LogP contribution in [0.4, 0.5) is 0 Å². The second kappa shape index (κ2) is 6.58. The topological polar surface area (TPSA) is 38.7 Å². The molecule has 0 amide bonds. The molecule has 2 atom stereocenters. The Labute approximate surface area is 68.3 Å². The van der Waals surface area contributed by atoms with E-state index in [0.717, 1.165) is 6.42 Å². The first-order valence-electron chi connectivity index (χ1n) is 4.13. The summed E-state index contributed by atoms with van der Waals surface area (Å²) < 4.78 is 10.2. The van der Waals surface area contributed by atoms with Gasteiger partial charge in [-0.25, -0.2) is 0 Å². The standard InChI is InChI=1S/C6H12O3.C2H6/c1-8-5-2-3-9-6(5)4-7;1-2/h5-7H,2-4H2,1H3;1-2H3. The molecule has 1 aliphatic heterocycles. The minimum Gasteiger partial charge on any atom is -0.394 e. The van der Waals surface area contributed by atoms with Gasteiger partial charge in [0.2, 0.25) is 0 Å². The smallest absolute Gasteiger partial charge is 0.107 e. The van der Waals surface area contributed by atoms with Gasteiger partial charge in [-0.05, 0) is 6.42 Å². The van der Waals surface area contributed by atoms with Gasteiger partial charge in [0, 0.05) is 13.7 Å². The lowest BCUT2D eigenvalue weighted by Gasteiger charge is -2.12. The predicted molar refractivity (Wildman–Crippen MR) is 43.6 cm³/mol. The van der Waals surface area contributed by atoms with E-state index in [0.29, 0.717) is 6.61 Å². The summed E-state index contributed by atoms with van der Waals surface area (Å²) >= 11 is 0. The molecule has 0 bridgehead atoms. The number of aliphatic hydroxyl groups is 1. The summed E-state index contributed by atoms with van der Waals surface area (Å²) in [6, 6.07) is 0. The molecule has 1 rings (SSSR count). The summed E-state index contributed by atoms with van der Waals surface area (Å²) in [5, 5.41) is 8.66. The molecule has 68 valence electrons. The number of hydrogen-bond donors (Lipinski definition) is 1. The zero-order valence-electron chi connectivity index (χ0n) is 7.54. The fraction of sp³-hybridized carbons (Fsp3) is 1.00. The Morgan fingerprint density at radius 1 is 1.55 bits per heavy atom. The lowest BCUT2D eigenvalue weighted by Crippen LogP contribution is -2.26. The molecule has 1 saturated heterocycles. The van der Waals surface area contributed by atoms with Crippen LogP contribution >= 0.6 is 0 Å². The average Bonchev–Trinajstić information content (AvgIpc) is 2.54. The van der Waals surface area contributed by atoms with Crippen LogP contribution in [-0.2, 0) is 9.47 Å². The predicted octanol–water partition coefficient (Wildman–Crippen LogP) is 0.809. The molecular formula is C8H18O3. The van der Waals surface area contributed by atoms with Crippen molar-refractivity contribution in [1.82, 2.24) is 0 Å². The maximum atomic E-state index is 8.66. The van der Waals surface area contributed by atoms with E-state index >= 15 is 0 Å². The minimum absolute atomic E-state index is 0.0680. The molecule has 3 nitrogen and oxygen atoms in total. The van der Waals surface area contributed by atoms with E-state index in [-0.39, 0.29) is 18.8 Å². The Bertz CT molecular complexity index is 75.4. The summed E-state index contributed by atoms with van der Waals surface area (Å²) in [6.45, 7) is 4.78. The van der Waals surface area contributed by atoms with Crippen LogP contribution in [0.2, 0.25) is 0 Å². The van der Waals surface area contributed by atoms with Crippen molar-refractivity contribution in [3.63, 3.8) is 0 Å². The monoisotopic (exact) mass is 162 g/mol. The lowest BCUT2D eigenvalue weighted by atomic mass is 10.2. The third-order valence-corrected chi connectivity index (χ3v) is 1.63. The van der Waals surface area contributed by atoms with Gasteiger partial charge in [-0.3, -0.25) is 0 Å². The molecule has 0 aromatic heterocycles. The van der Waals surface area contributed by atoms with Crippen molar-refractivity contribution in [1.29, 1.82) is 0 Å². The molecule has 0 aliphatic carbocycles. The zero-order chi connectivity index (χ0) is 8.69. The first-order valence-corrected chi connectivity index (χ1v) is 4.13. The number of methoxy groups -OCH3 is 1. The molecule has 0 spiro atoms. The highest BCUT2D eigenvalue weighted by molar-refractivity contribution is 4.75. The largest absolute Gasteiger partial charge is 0.394 e. The maximum absolute atomic E-state index is 8.66. The van der Waals surface area contributed by atoms with Gasteiger partial charge < -0.3 is 14.6 Å². The van der Waals surface area contributed by atoms with Crippen LogP contribution in [0.15, 0.2) is 0 Å². The van der Waals surface area contributed by atoms with Crippen LogP contribution in [0, 0.1) is 0 Å². The normalized spacial score (nSPS) is 29.5. The number of aliphatic hydroxyl groups excluding tert-OH is 1. The van der Waals surface area contributed by atoms with Crippen molar-refractivity contribution in [2.75, 3.05) is 20.3 Å². The lowest BCUT2D eigenvalue weighted by molar-refractivity contribution is -0.0146. The Balaban J connectivity index is 0.000000461. The van der Waals surface area contributed by atoms with Crippen molar-refractivity contribution in [3.8, 4) is 0 Å². The first-order chi connectivity index (χ1) is 5.38. The average molecular weight is 162 g/mol. The maximum Gasteiger partial charge on any atom is 0.107 e. The summed E-state index contributed by atoms with van der Waals surface area (Å²) in [6.07, 6.45) is 0.923. The Kier molecular flexibility index (Phi) is 6.51. The summed E-state index contributed by atoms with van der Waals surface area (Å²) in [7, 11) is 1.64. The third kappa shape index (κ3) is 3.18. The van der Waals surface area contributed by atoms with E-state index in [2.05, 4.69) is 0 Å². The van der Waals surface area contributed by atoms with E-state index < -0.39 is 0 Å². The molecule has 11 heavy (non-hydrogen) atoms. The van der Waals surface area contributed by atoms with E-state index in [1.807, 2.05) is 13.8 Å². The highest BCUT2D eigenvalue weighted by Gasteiger charge is 2.26. The fourth-order valence-corrected chi connectivity index (χ4v) is 1.07. The SMILES string of the molecule is CC.COC1CCOC1CO. The highest BCUT2D eigenvalue weighted by atomic mass is 16.6. The zero-order valence-corrected chi connectivity index (χ0v) is 7.54. The molecule has 0 aromatic carbocycles. The molecule has 0 saturated carbocycles. The van der Waals surface area contributed by atoms with E-state index in [1.165, 1.54) is 0 Å². The van der Waals surface area contributed by atoms with Gasteiger partial charge >= 0.3 is 0 Å². The van der Waals surface area contributed by atoms with E-state index in [4.69, 9.17) is 14.6 Å². The highest BCUT2D eigenvalue weighted by Crippen LogP contribution is 2.14. The Hall–Kier alpha value is -0.120. The third-order valence-electron chi connectivity index (χ3n) is 1.63.